The first-order valence-corrected chi connectivity index (χ1v) is 21.1. The van der Waals surface area contributed by atoms with Crippen molar-refractivity contribution in [2.45, 2.75) is 149 Å². The number of fused-ring (bicyclic) bond motifs is 5. The molecule has 0 amide bonds. The third-order valence-electron chi connectivity index (χ3n) is 13.9. The molecule has 3 saturated carbocycles. The smallest absolute Gasteiger partial charge is 0.200 e. The topological polar surface area (TPSA) is 64.6 Å². The largest absolute Gasteiger partial charge is 0.416 e. The molecule has 0 aromatic rings. The molecule has 8 heteroatoms. The summed E-state index contributed by atoms with van der Waals surface area (Å²) < 4.78 is 42.9. The van der Waals surface area contributed by atoms with E-state index in [4.69, 9.17) is 32.8 Å². The maximum Gasteiger partial charge on any atom is 0.200 e. The molecule has 0 spiro atoms. The molecule has 4 aliphatic carbocycles. The highest BCUT2D eigenvalue weighted by molar-refractivity contribution is 6.77. The molecule has 0 radical (unpaired) electrons. The summed E-state index contributed by atoms with van der Waals surface area (Å²) in [4.78, 5) is 0. The van der Waals surface area contributed by atoms with Crippen LogP contribution in [-0.4, -0.2) is 74.9 Å². The highest BCUT2D eigenvalue weighted by Crippen LogP contribution is 2.67. The van der Waals surface area contributed by atoms with Crippen LogP contribution in [0.3, 0.4) is 0 Å². The molecule has 0 aromatic carbocycles. The van der Waals surface area contributed by atoms with Gasteiger partial charge < -0.3 is 32.8 Å². The molecule has 0 bridgehead atoms. The molecule has 0 heterocycles. The van der Waals surface area contributed by atoms with E-state index in [0.29, 0.717) is 53.0 Å². The normalized spacial score (nSPS) is 36.4. The Balaban J connectivity index is 1.54. The summed E-state index contributed by atoms with van der Waals surface area (Å²) in [5.41, 5.74) is 3.85. The Hall–Kier alpha value is -0.323. The van der Waals surface area contributed by atoms with Gasteiger partial charge in [0, 0.05) is 33.9 Å². The summed E-state index contributed by atoms with van der Waals surface area (Å²) in [5.74, 6) is 2.46. The third kappa shape index (κ3) is 7.66. The minimum absolute atomic E-state index is 0.0798. The Labute approximate surface area is 289 Å². The Kier molecular flexibility index (Phi) is 14.1. The summed E-state index contributed by atoms with van der Waals surface area (Å²) >= 11 is 0. The van der Waals surface area contributed by atoms with Crippen molar-refractivity contribution in [1.29, 1.82) is 0 Å². The molecular weight excluding hydrogens is 609 g/mol. The molecule has 0 aromatic heterocycles. The van der Waals surface area contributed by atoms with Gasteiger partial charge in [0.05, 0.1) is 18.3 Å². The van der Waals surface area contributed by atoms with E-state index >= 15 is 0 Å². The van der Waals surface area contributed by atoms with E-state index in [1.165, 1.54) is 19.3 Å². The van der Waals surface area contributed by atoms with Crippen LogP contribution in [0.1, 0.15) is 114 Å². The summed E-state index contributed by atoms with van der Waals surface area (Å²) in [5, 5.41) is 0. The number of hydrogen-bond acceptors (Lipinski definition) is 7. The Morgan fingerprint density at radius 1 is 0.766 bits per heavy atom. The molecule has 7 nitrogen and oxygen atoms in total. The van der Waals surface area contributed by atoms with Crippen LogP contribution in [0.2, 0.25) is 16.6 Å². The molecule has 0 unspecified atom stereocenters. The van der Waals surface area contributed by atoms with Gasteiger partial charge in [-0.25, -0.2) is 0 Å². The first-order chi connectivity index (χ1) is 22.3. The highest BCUT2D eigenvalue weighted by atomic mass is 28.4. The monoisotopic (exact) mass is 681 g/mol. The van der Waals surface area contributed by atoms with Gasteiger partial charge in [0.15, 0.2) is 8.32 Å². The van der Waals surface area contributed by atoms with Crippen molar-refractivity contribution in [3.8, 4) is 0 Å². The lowest BCUT2D eigenvalue weighted by Crippen LogP contribution is -2.64. The second-order valence-electron chi connectivity index (χ2n) is 17.0. The first kappa shape index (κ1) is 39.5. The number of ether oxygens (including phenoxy) is 6. The van der Waals surface area contributed by atoms with Crippen LogP contribution in [0.5, 0.6) is 0 Å². The van der Waals surface area contributed by atoms with Crippen LogP contribution < -0.4 is 0 Å². The quantitative estimate of drug-likeness (QED) is 0.0619. The Morgan fingerprint density at radius 2 is 1.36 bits per heavy atom. The van der Waals surface area contributed by atoms with E-state index in [2.05, 4.69) is 68.4 Å². The number of methoxy groups -OCH3 is 3. The van der Waals surface area contributed by atoms with Crippen molar-refractivity contribution in [2.75, 3.05) is 48.3 Å². The summed E-state index contributed by atoms with van der Waals surface area (Å²) in [6.45, 7) is 23.7. The van der Waals surface area contributed by atoms with Crippen LogP contribution in [-0.2, 0) is 32.8 Å². The van der Waals surface area contributed by atoms with Crippen molar-refractivity contribution in [1.82, 2.24) is 0 Å². The van der Waals surface area contributed by atoms with Crippen LogP contribution in [0.15, 0.2) is 11.6 Å². The molecule has 10 atom stereocenters. The van der Waals surface area contributed by atoms with Gasteiger partial charge in [-0.3, -0.25) is 0 Å². The molecule has 47 heavy (non-hydrogen) atoms. The van der Waals surface area contributed by atoms with Crippen LogP contribution in [0.25, 0.3) is 0 Å². The fourth-order valence-electron chi connectivity index (χ4n) is 11.8. The van der Waals surface area contributed by atoms with Crippen LogP contribution in [0.4, 0.5) is 0 Å². The molecule has 0 N–H and O–H groups in total. The molecule has 274 valence electrons. The maximum atomic E-state index is 6.97. The lowest BCUT2D eigenvalue weighted by Gasteiger charge is -2.63. The van der Waals surface area contributed by atoms with Gasteiger partial charge in [0.2, 0.25) is 0 Å². The minimum atomic E-state index is -1.83. The molecule has 4 aliphatic rings. The van der Waals surface area contributed by atoms with Gasteiger partial charge in [-0.15, -0.1) is 0 Å². The SMILES string of the molecule is COCO[C@@H]1CC[C@@]2(C)[C@H](C1)[C@@H](OCOC)[C@H](OCOC)[C@H]1C3=CC[C@H]([C@H](C)CCCO[Si](C(C)C)(C(C)C)C(C)C)[C@@]3(C)CC[C@@H]12. The fourth-order valence-corrected chi connectivity index (χ4v) is 17.3. The van der Waals surface area contributed by atoms with E-state index in [1.807, 2.05) is 0 Å². The second-order valence-corrected chi connectivity index (χ2v) is 22.5. The van der Waals surface area contributed by atoms with Crippen molar-refractivity contribution in [3.05, 3.63) is 11.6 Å². The molecule has 0 saturated heterocycles. The summed E-state index contributed by atoms with van der Waals surface area (Å²) in [7, 11) is 3.31. The van der Waals surface area contributed by atoms with Gasteiger partial charge in [0.25, 0.3) is 0 Å². The predicted octanol–water partition coefficient (Wildman–Crippen LogP) is 9.36. The summed E-state index contributed by atoms with van der Waals surface area (Å²) in [6, 6.07) is 0. The maximum absolute atomic E-state index is 6.97. The van der Waals surface area contributed by atoms with Crippen molar-refractivity contribution < 1.29 is 32.8 Å². The second kappa shape index (κ2) is 16.8. The van der Waals surface area contributed by atoms with Gasteiger partial charge in [-0.1, -0.05) is 74.0 Å². The minimum Gasteiger partial charge on any atom is -0.416 e. The summed E-state index contributed by atoms with van der Waals surface area (Å²) in [6.07, 6.45) is 11.8. The van der Waals surface area contributed by atoms with Gasteiger partial charge >= 0.3 is 0 Å². The highest BCUT2D eigenvalue weighted by Gasteiger charge is 2.64. The van der Waals surface area contributed by atoms with Gasteiger partial charge in [-0.2, -0.15) is 0 Å². The van der Waals surface area contributed by atoms with E-state index in [0.717, 1.165) is 38.7 Å². The standard InChI is InChI=1S/C39H72O7Si/c1-26(2)47(27(3)4,28(5)6)46-21-13-14-29(7)31-15-16-32-35-33(18-20-38(31,32)8)39(9)19-17-30(43-23-40-10)22-34(39)36(44-24-41-11)37(35)45-25-42-12/h16,26-31,33-37H,13-15,17-25H2,1-12H3/t29-,30-,31-,33+,34-,35+,36-,37-,38-,39-/m1/s1. The van der Waals surface area contributed by atoms with Crippen molar-refractivity contribution >= 4 is 8.32 Å². The number of rotatable bonds is 18. The Morgan fingerprint density at radius 3 is 1.96 bits per heavy atom. The average Bonchev–Trinajstić information content (AvgIpc) is 3.38. The van der Waals surface area contributed by atoms with Crippen molar-refractivity contribution in [2.24, 2.45) is 40.4 Å². The zero-order chi connectivity index (χ0) is 34.6. The zero-order valence-corrected chi connectivity index (χ0v) is 33.3. The number of hydrogen-bond donors (Lipinski definition) is 0. The van der Waals surface area contributed by atoms with E-state index in [9.17, 15) is 0 Å². The van der Waals surface area contributed by atoms with Crippen LogP contribution in [0, 0.1) is 40.4 Å². The van der Waals surface area contributed by atoms with E-state index < -0.39 is 8.32 Å². The number of allylic oxidation sites excluding steroid dienone is 1. The van der Waals surface area contributed by atoms with Gasteiger partial charge in [0.1, 0.15) is 20.4 Å². The lowest BCUT2D eigenvalue weighted by molar-refractivity contribution is -0.257. The van der Waals surface area contributed by atoms with Crippen molar-refractivity contribution in [3.63, 3.8) is 0 Å². The zero-order valence-electron chi connectivity index (χ0n) is 32.3. The first-order valence-electron chi connectivity index (χ1n) is 19.0. The molecule has 3 fully saturated rings. The Bertz CT molecular complexity index is 980. The van der Waals surface area contributed by atoms with Gasteiger partial charge in [-0.05, 0) is 102 Å². The van der Waals surface area contributed by atoms with E-state index in [-0.39, 0.29) is 42.7 Å². The lowest BCUT2D eigenvalue weighted by atomic mass is 9.44. The average molecular weight is 681 g/mol. The fraction of sp³-hybridized carbons (Fsp3) is 0.949. The van der Waals surface area contributed by atoms with E-state index in [1.54, 1.807) is 26.9 Å². The molecular formula is C39H72O7Si. The molecule has 4 rings (SSSR count). The van der Waals surface area contributed by atoms with Crippen LogP contribution >= 0.6 is 0 Å². The predicted molar refractivity (Wildman–Crippen MR) is 192 cm³/mol. The third-order valence-corrected chi connectivity index (χ3v) is 20.0. The molecule has 0 aliphatic heterocycles.